The maximum Gasteiger partial charge on any atom is 0.128 e. The number of fused-ring (bicyclic) bond motifs is 1. The van der Waals surface area contributed by atoms with E-state index in [1.54, 1.807) is 30.6 Å². The molecule has 1 heterocycles. The molecule has 100 valence electrons. The number of halogens is 1. The maximum atomic E-state index is 14.1. The van der Waals surface area contributed by atoms with Crippen molar-refractivity contribution in [3.8, 4) is 0 Å². The summed E-state index contributed by atoms with van der Waals surface area (Å²) in [5.74, 6) is -0.301. The number of benzene rings is 2. The lowest BCUT2D eigenvalue weighted by Crippen LogP contribution is -2.35. The molecule has 0 spiro atoms. The molecule has 0 saturated carbocycles. The van der Waals surface area contributed by atoms with Crippen LogP contribution in [0.5, 0.6) is 0 Å². The fourth-order valence-electron chi connectivity index (χ4n) is 2.56. The topological polar surface area (TPSA) is 38.9 Å². The summed E-state index contributed by atoms with van der Waals surface area (Å²) < 4.78 is 14.1. The molecule has 3 aromatic rings. The third-order valence-corrected chi connectivity index (χ3v) is 3.66. The van der Waals surface area contributed by atoms with Gasteiger partial charge in [-0.15, -0.1) is 0 Å². The monoisotopic (exact) mass is 266 g/mol. The lowest BCUT2D eigenvalue weighted by Gasteiger charge is -2.27. The summed E-state index contributed by atoms with van der Waals surface area (Å²) in [4.78, 5) is 4.23. The van der Waals surface area contributed by atoms with Crippen LogP contribution < -0.4 is 5.73 Å². The minimum Gasteiger partial charge on any atom is -0.318 e. The van der Waals surface area contributed by atoms with Crippen molar-refractivity contribution < 1.29 is 4.39 Å². The van der Waals surface area contributed by atoms with Crippen molar-refractivity contribution in [2.75, 3.05) is 0 Å². The Hall–Kier alpha value is -2.26. The molecular formula is C17H15FN2. The van der Waals surface area contributed by atoms with Crippen LogP contribution >= 0.6 is 0 Å². The summed E-state index contributed by atoms with van der Waals surface area (Å²) in [5, 5.41) is 1.99. The summed E-state index contributed by atoms with van der Waals surface area (Å²) in [7, 11) is 0. The quantitative estimate of drug-likeness (QED) is 0.769. The Morgan fingerprint density at radius 2 is 1.65 bits per heavy atom. The predicted octanol–water partition coefficient (Wildman–Crippen LogP) is 3.60. The van der Waals surface area contributed by atoms with Gasteiger partial charge in [0, 0.05) is 28.9 Å². The number of rotatable bonds is 2. The van der Waals surface area contributed by atoms with E-state index in [4.69, 9.17) is 5.73 Å². The molecular weight excluding hydrogens is 251 g/mol. The van der Waals surface area contributed by atoms with Gasteiger partial charge >= 0.3 is 0 Å². The average Bonchev–Trinajstić information content (AvgIpc) is 2.47. The van der Waals surface area contributed by atoms with Crippen LogP contribution in [0.25, 0.3) is 10.8 Å². The number of hydrogen-bond acceptors (Lipinski definition) is 2. The zero-order chi connectivity index (χ0) is 14.2. The standard InChI is InChI=1S/C17H15FN2/c1-17(19,14-8-4-5-9-16(14)18)15-11-20-10-12-6-2-3-7-13(12)15/h2-11H,19H2,1H3. The second-order valence-corrected chi connectivity index (χ2v) is 5.09. The molecule has 0 radical (unpaired) electrons. The zero-order valence-corrected chi connectivity index (χ0v) is 11.2. The molecule has 0 aliphatic carbocycles. The molecule has 2 N–H and O–H groups in total. The van der Waals surface area contributed by atoms with Gasteiger partial charge in [0.2, 0.25) is 0 Å². The highest BCUT2D eigenvalue weighted by molar-refractivity contribution is 5.86. The molecule has 0 fully saturated rings. The molecule has 0 bridgehead atoms. The Morgan fingerprint density at radius 1 is 0.950 bits per heavy atom. The highest BCUT2D eigenvalue weighted by Gasteiger charge is 2.28. The summed E-state index contributed by atoms with van der Waals surface area (Å²) in [6.07, 6.45) is 3.50. The van der Waals surface area contributed by atoms with Gasteiger partial charge < -0.3 is 5.73 Å². The Morgan fingerprint density at radius 3 is 2.45 bits per heavy atom. The fraction of sp³-hybridized carbons (Fsp3) is 0.118. The minimum atomic E-state index is -0.931. The first-order chi connectivity index (χ1) is 9.60. The van der Waals surface area contributed by atoms with Crippen LogP contribution in [0.1, 0.15) is 18.1 Å². The van der Waals surface area contributed by atoms with Crippen molar-refractivity contribution in [1.82, 2.24) is 4.98 Å². The summed E-state index contributed by atoms with van der Waals surface area (Å²) in [5.41, 5.74) is 6.81. The predicted molar refractivity (Wildman–Crippen MR) is 78.8 cm³/mol. The van der Waals surface area contributed by atoms with Crippen molar-refractivity contribution in [3.05, 3.63) is 77.9 Å². The molecule has 0 amide bonds. The van der Waals surface area contributed by atoms with Gasteiger partial charge in [-0.25, -0.2) is 4.39 Å². The zero-order valence-electron chi connectivity index (χ0n) is 11.2. The molecule has 1 aromatic heterocycles. The third kappa shape index (κ3) is 1.96. The van der Waals surface area contributed by atoms with Crippen molar-refractivity contribution in [2.24, 2.45) is 5.73 Å². The van der Waals surface area contributed by atoms with Crippen LogP contribution in [0.3, 0.4) is 0 Å². The third-order valence-electron chi connectivity index (χ3n) is 3.66. The molecule has 1 atom stereocenters. The smallest absolute Gasteiger partial charge is 0.128 e. The van der Waals surface area contributed by atoms with Crippen LogP contribution in [0.2, 0.25) is 0 Å². The largest absolute Gasteiger partial charge is 0.318 e. The van der Waals surface area contributed by atoms with Gasteiger partial charge in [-0.05, 0) is 18.4 Å². The van der Waals surface area contributed by atoms with Gasteiger partial charge in [0.15, 0.2) is 0 Å². The molecule has 0 aliphatic rings. The van der Waals surface area contributed by atoms with Crippen LogP contribution in [0.15, 0.2) is 60.9 Å². The van der Waals surface area contributed by atoms with E-state index in [0.717, 1.165) is 16.3 Å². The SMILES string of the molecule is CC(N)(c1ccccc1F)c1cncc2ccccc12. The van der Waals surface area contributed by atoms with E-state index in [2.05, 4.69) is 4.98 Å². The molecule has 0 saturated heterocycles. The Kier molecular flexibility index (Phi) is 2.99. The molecule has 3 rings (SSSR count). The van der Waals surface area contributed by atoms with E-state index in [0.29, 0.717) is 5.56 Å². The van der Waals surface area contributed by atoms with Crippen molar-refractivity contribution in [3.63, 3.8) is 0 Å². The first-order valence-electron chi connectivity index (χ1n) is 6.48. The molecule has 20 heavy (non-hydrogen) atoms. The Labute approximate surface area is 117 Å². The molecule has 2 aromatic carbocycles. The van der Waals surface area contributed by atoms with Gasteiger partial charge in [0.1, 0.15) is 5.82 Å². The lowest BCUT2D eigenvalue weighted by atomic mass is 9.84. The van der Waals surface area contributed by atoms with Crippen molar-refractivity contribution in [2.45, 2.75) is 12.5 Å². The second-order valence-electron chi connectivity index (χ2n) is 5.09. The average molecular weight is 266 g/mol. The number of nitrogens with two attached hydrogens (primary N) is 1. The maximum absolute atomic E-state index is 14.1. The van der Waals surface area contributed by atoms with E-state index in [1.165, 1.54) is 6.07 Å². The Balaban J connectivity index is 2.27. The van der Waals surface area contributed by atoms with Crippen molar-refractivity contribution >= 4 is 10.8 Å². The van der Waals surface area contributed by atoms with E-state index in [9.17, 15) is 4.39 Å². The Bertz CT molecular complexity index is 760. The number of nitrogens with zero attached hydrogens (tertiary/aromatic N) is 1. The van der Waals surface area contributed by atoms with Gasteiger partial charge in [-0.3, -0.25) is 4.98 Å². The molecule has 1 unspecified atom stereocenters. The number of hydrogen-bond donors (Lipinski definition) is 1. The fourth-order valence-corrected chi connectivity index (χ4v) is 2.56. The molecule has 3 heteroatoms. The number of pyridine rings is 1. The molecule has 0 aliphatic heterocycles. The first-order valence-corrected chi connectivity index (χ1v) is 6.48. The van der Waals surface area contributed by atoms with Crippen molar-refractivity contribution in [1.29, 1.82) is 0 Å². The van der Waals surface area contributed by atoms with Crippen LogP contribution in [0, 0.1) is 5.82 Å². The van der Waals surface area contributed by atoms with E-state index < -0.39 is 5.54 Å². The summed E-state index contributed by atoms with van der Waals surface area (Å²) >= 11 is 0. The van der Waals surface area contributed by atoms with E-state index >= 15 is 0 Å². The lowest BCUT2D eigenvalue weighted by molar-refractivity contribution is 0.532. The first kappa shape index (κ1) is 12.8. The van der Waals surface area contributed by atoms with Gasteiger partial charge in [0.25, 0.3) is 0 Å². The normalized spacial score (nSPS) is 14.2. The highest BCUT2D eigenvalue weighted by atomic mass is 19.1. The van der Waals surface area contributed by atoms with Crippen LogP contribution in [-0.4, -0.2) is 4.98 Å². The molecule has 2 nitrogen and oxygen atoms in total. The van der Waals surface area contributed by atoms with Gasteiger partial charge in [-0.2, -0.15) is 0 Å². The van der Waals surface area contributed by atoms with Gasteiger partial charge in [0.05, 0.1) is 5.54 Å². The van der Waals surface area contributed by atoms with E-state index in [1.807, 2.05) is 31.2 Å². The minimum absolute atomic E-state index is 0.301. The van der Waals surface area contributed by atoms with E-state index in [-0.39, 0.29) is 5.82 Å². The summed E-state index contributed by atoms with van der Waals surface area (Å²) in [6.45, 7) is 1.81. The van der Waals surface area contributed by atoms with Crippen LogP contribution in [-0.2, 0) is 5.54 Å². The summed E-state index contributed by atoms with van der Waals surface area (Å²) in [6, 6.07) is 14.5. The van der Waals surface area contributed by atoms with Gasteiger partial charge in [-0.1, -0.05) is 42.5 Å². The van der Waals surface area contributed by atoms with Crippen LogP contribution in [0.4, 0.5) is 4.39 Å². The number of aromatic nitrogens is 1. The highest BCUT2D eigenvalue weighted by Crippen LogP contribution is 2.32. The second kappa shape index (κ2) is 4.69.